The maximum Gasteiger partial charge on any atom is 0.220 e. The zero-order chi connectivity index (χ0) is 16.6. The second kappa shape index (κ2) is 8.39. The van der Waals surface area contributed by atoms with Crippen molar-refractivity contribution in [1.82, 2.24) is 5.32 Å². The Bertz CT molecular complexity index is 670. The molecule has 0 atom stereocenters. The maximum absolute atomic E-state index is 11.9. The van der Waals surface area contributed by atoms with Gasteiger partial charge in [-0.1, -0.05) is 36.4 Å². The summed E-state index contributed by atoms with van der Waals surface area (Å²) < 4.78 is 11.3. The molecule has 0 aliphatic carbocycles. The topological polar surface area (TPSA) is 47.6 Å². The Kier molecular flexibility index (Phi) is 5.72. The van der Waals surface area contributed by atoms with E-state index in [9.17, 15) is 4.79 Å². The van der Waals surface area contributed by atoms with E-state index in [1.165, 1.54) is 5.56 Å². The minimum atomic E-state index is 0.0909. The molecule has 0 saturated heterocycles. The molecular weight excluding hydrogens is 302 g/mol. The van der Waals surface area contributed by atoms with Gasteiger partial charge in [0.2, 0.25) is 5.91 Å². The molecule has 4 nitrogen and oxygen atoms in total. The number of carbonyl (C=O) groups excluding carboxylic acids is 1. The Balaban J connectivity index is 1.43. The second-order valence-corrected chi connectivity index (χ2v) is 5.92. The van der Waals surface area contributed by atoms with Crippen molar-refractivity contribution in [2.24, 2.45) is 0 Å². The van der Waals surface area contributed by atoms with Crippen LogP contribution in [0, 0.1) is 0 Å². The van der Waals surface area contributed by atoms with Crippen molar-refractivity contribution >= 4 is 5.91 Å². The monoisotopic (exact) mass is 325 g/mol. The summed E-state index contributed by atoms with van der Waals surface area (Å²) >= 11 is 0. The summed E-state index contributed by atoms with van der Waals surface area (Å²) in [6, 6.07) is 16.1. The van der Waals surface area contributed by atoms with E-state index in [-0.39, 0.29) is 5.91 Å². The lowest BCUT2D eigenvalue weighted by molar-refractivity contribution is -0.121. The van der Waals surface area contributed by atoms with Gasteiger partial charge in [0.25, 0.3) is 0 Å². The van der Waals surface area contributed by atoms with E-state index in [1.807, 2.05) is 48.5 Å². The Hall–Kier alpha value is -2.49. The fourth-order valence-corrected chi connectivity index (χ4v) is 2.70. The highest BCUT2D eigenvalue weighted by atomic mass is 16.5. The summed E-state index contributed by atoms with van der Waals surface area (Å²) in [7, 11) is 0. The first-order chi connectivity index (χ1) is 11.8. The van der Waals surface area contributed by atoms with Gasteiger partial charge in [0, 0.05) is 19.4 Å². The molecule has 0 radical (unpaired) electrons. The summed E-state index contributed by atoms with van der Waals surface area (Å²) in [6.45, 7) is 2.02. The predicted molar refractivity (Wildman–Crippen MR) is 93.5 cm³/mol. The van der Waals surface area contributed by atoms with E-state index in [2.05, 4.69) is 5.32 Å². The molecule has 3 rings (SSSR count). The van der Waals surface area contributed by atoms with Crippen LogP contribution in [0.25, 0.3) is 0 Å². The standard InChI is InChI=1S/C20H23NO3/c22-20(10-8-16-5-2-1-3-6-16)21-12-11-17-7-9-18-19(15-17)24-14-4-13-23-18/h1-3,5-7,9,15H,4,8,10-14H2,(H,21,22). The van der Waals surface area contributed by atoms with Gasteiger partial charge in [0.15, 0.2) is 11.5 Å². The van der Waals surface area contributed by atoms with Crippen molar-refractivity contribution < 1.29 is 14.3 Å². The molecule has 1 aliphatic rings. The second-order valence-electron chi connectivity index (χ2n) is 5.92. The van der Waals surface area contributed by atoms with Gasteiger partial charge >= 0.3 is 0 Å². The number of nitrogens with one attached hydrogen (secondary N) is 1. The van der Waals surface area contributed by atoms with Gasteiger partial charge in [-0.3, -0.25) is 4.79 Å². The van der Waals surface area contributed by atoms with Crippen LogP contribution in [0.4, 0.5) is 0 Å². The SMILES string of the molecule is O=C(CCc1ccccc1)NCCc1ccc2c(c1)OCCCO2. The zero-order valence-electron chi connectivity index (χ0n) is 13.8. The van der Waals surface area contributed by atoms with Crippen molar-refractivity contribution in [2.45, 2.75) is 25.7 Å². The Labute approximate surface area is 142 Å². The Morgan fingerprint density at radius 2 is 1.71 bits per heavy atom. The zero-order valence-corrected chi connectivity index (χ0v) is 13.8. The van der Waals surface area contributed by atoms with Crippen LogP contribution in [0.2, 0.25) is 0 Å². The number of hydrogen-bond donors (Lipinski definition) is 1. The van der Waals surface area contributed by atoms with Crippen LogP contribution in [0.1, 0.15) is 24.0 Å². The third-order valence-electron chi connectivity index (χ3n) is 4.03. The first-order valence-electron chi connectivity index (χ1n) is 8.50. The summed E-state index contributed by atoms with van der Waals surface area (Å²) in [5.41, 5.74) is 2.33. The van der Waals surface area contributed by atoms with E-state index < -0.39 is 0 Å². The van der Waals surface area contributed by atoms with Crippen molar-refractivity contribution in [3.05, 3.63) is 59.7 Å². The highest BCUT2D eigenvalue weighted by Crippen LogP contribution is 2.30. The normalized spacial score (nSPS) is 13.2. The molecule has 0 bridgehead atoms. The van der Waals surface area contributed by atoms with Crippen LogP contribution in [0.3, 0.4) is 0 Å². The minimum absolute atomic E-state index is 0.0909. The lowest BCUT2D eigenvalue weighted by atomic mass is 10.1. The Morgan fingerprint density at radius 1 is 0.917 bits per heavy atom. The molecule has 2 aromatic rings. The predicted octanol–water partition coefficient (Wildman–Crippen LogP) is 3.14. The van der Waals surface area contributed by atoms with Crippen LogP contribution < -0.4 is 14.8 Å². The van der Waals surface area contributed by atoms with Gasteiger partial charge in [0.05, 0.1) is 13.2 Å². The van der Waals surface area contributed by atoms with Crippen LogP contribution in [-0.2, 0) is 17.6 Å². The first kappa shape index (κ1) is 16.4. The molecule has 126 valence electrons. The van der Waals surface area contributed by atoms with E-state index >= 15 is 0 Å². The number of hydrogen-bond acceptors (Lipinski definition) is 3. The van der Waals surface area contributed by atoms with Gasteiger partial charge in [-0.2, -0.15) is 0 Å². The van der Waals surface area contributed by atoms with Gasteiger partial charge in [-0.15, -0.1) is 0 Å². The van der Waals surface area contributed by atoms with E-state index in [4.69, 9.17) is 9.47 Å². The number of rotatable bonds is 6. The Morgan fingerprint density at radius 3 is 2.54 bits per heavy atom. The largest absolute Gasteiger partial charge is 0.490 e. The summed E-state index contributed by atoms with van der Waals surface area (Å²) in [4.78, 5) is 11.9. The smallest absolute Gasteiger partial charge is 0.220 e. The third kappa shape index (κ3) is 4.75. The number of aryl methyl sites for hydroxylation is 1. The van der Waals surface area contributed by atoms with Crippen LogP contribution in [0.15, 0.2) is 48.5 Å². The number of amides is 1. The lowest BCUT2D eigenvalue weighted by Gasteiger charge is -2.10. The average Bonchev–Trinajstić information content (AvgIpc) is 2.86. The lowest BCUT2D eigenvalue weighted by Crippen LogP contribution is -2.25. The molecular formula is C20H23NO3. The van der Waals surface area contributed by atoms with Crippen LogP contribution in [-0.4, -0.2) is 25.7 Å². The fraction of sp³-hybridized carbons (Fsp3) is 0.350. The molecule has 1 amide bonds. The minimum Gasteiger partial charge on any atom is -0.490 e. The third-order valence-corrected chi connectivity index (χ3v) is 4.03. The molecule has 0 saturated carbocycles. The molecule has 0 spiro atoms. The van der Waals surface area contributed by atoms with Gasteiger partial charge in [-0.25, -0.2) is 0 Å². The molecule has 4 heteroatoms. The van der Waals surface area contributed by atoms with Crippen molar-refractivity contribution in [2.75, 3.05) is 19.8 Å². The fourth-order valence-electron chi connectivity index (χ4n) is 2.70. The van der Waals surface area contributed by atoms with E-state index in [1.54, 1.807) is 0 Å². The summed E-state index contributed by atoms with van der Waals surface area (Å²) in [5.74, 6) is 1.71. The molecule has 1 aliphatic heterocycles. The van der Waals surface area contributed by atoms with Gasteiger partial charge in [-0.05, 0) is 36.1 Å². The molecule has 0 unspecified atom stereocenters. The highest BCUT2D eigenvalue weighted by Gasteiger charge is 2.10. The number of carbonyl (C=O) groups is 1. The number of fused-ring (bicyclic) bond motifs is 1. The quantitative estimate of drug-likeness (QED) is 0.887. The first-order valence-corrected chi connectivity index (χ1v) is 8.50. The number of benzene rings is 2. The number of ether oxygens (including phenoxy) is 2. The summed E-state index contributed by atoms with van der Waals surface area (Å²) in [5, 5.41) is 2.98. The molecule has 2 aromatic carbocycles. The van der Waals surface area contributed by atoms with Crippen molar-refractivity contribution in [3.8, 4) is 11.5 Å². The van der Waals surface area contributed by atoms with Crippen LogP contribution in [0.5, 0.6) is 11.5 Å². The van der Waals surface area contributed by atoms with E-state index in [0.717, 1.165) is 36.3 Å². The molecule has 0 aromatic heterocycles. The molecule has 1 N–H and O–H groups in total. The van der Waals surface area contributed by atoms with Crippen molar-refractivity contribution in [3.63, 3.8) is 0 Å². The van der Waals surface area contributed by atoms with Gasteiger partial charge in [0.1, 0.15) is 0 Å². The highest BCUT2D eigenvalue weighted by molar-refractivity contribution is 5.76. The van der Waals surface area contributed by atoms with Crippen LogP contribution >= 0.6 is 0 Å². The van der Waals surface area contributed by atoms with Crippen molar-refractivity contribution in [1.29, 1.82) is 0 Å². The summed E-state index contributed by atoms with van der Waals surface area (Å²) in [6.07, 6.45) is 2.98. The molecule has 24 heavy (non-hydrogen) atoms. The maximum atomic E-state index is 11.9. The molecule has 1 heterocycles. The molecule has 0 fully saturated rings. The van der Waals surface area contributed by atoms with Gasteiger partial charge < -0.3 is 14.8 Å². The van der Waals surface area contributed by atoms with E-state index in [0.29, 0.717) is 26.2 Å². The average molecular weight is 325 g/mol.